The number of fused-ring (bicyclic) bond motifs is 1. The van der Waals surface area contributed by atoms with E-state index in [-0.39, 0.29) is 28.9 Å². The fraction of sp³-hybridized carbons (Fsp3) is 0.167. The number of amides is 1. The lowest BCUT2D eigenvalue weighted by Crippen LogP contribution is -2.24. The number of hydrogen-bond donors (Lipinski definition) is 3. The highest BCUT2D eigenvalue weighted by Crippen LogP contribution is 2.21. The van der Waals surface area contributed by atoms with Gasteiger partial charge in [-0.15, -0.1) is 11.3 Å². The van der Waals surface area contributed by atoms with Crippen molar-refractivity contribution in [1.82, 2.24) is 15.3 Å². The van der Waals surface area contributed by atoms with Crippen LogP contribution in [0.4, 0.5) is 0 Å². The Morgan fingerprint density at radius 2 is 1.96 bits per heavy atom. The van der Waals surface area contributed by atoms with Gasteiger partial charge in [0.25, 0.3) is 11.5 Å². The number of carboxylic acid groups (broad SMARTS) is 1. The van der Waals surface area contributed by atoms with Crippen LogP contribution >= 0.6 is 11.3 Å². The van der Waals surface area contributed by atoms with Gasteiger partial charge in [0, 0.05) is 11.9 Å². The van der Waals surface area contributed by atoms with Crippen molar-refractivity contribution in [2.24, 2.45) is 0 Å². The molecule has 0 aliphatic heterocycles. The average molecular weight is 401 g/mol. The number of thiophene rings is 1. The predicted molar refractivity (Wildman–Crippen MR) is 101 cm³/mol. The lowest BCUT2D eigenvalue weighted by Gasteiger charge is -2.06. The number of ether oxygens (including phenoxy) is 1. The zero-order valence-electron chi connectivity index (χ0n) is 14.6. The molecule has 0 spiro atoms. The molecule has 2 heterocycles. The second-order valence-electron chi connectivity index (χ2n) is 5.65. The van der Waals surface area contributed by atoms with Gasteiger partial charge in [-0.05, 0) is 24.6 Å². The van der Waals surface area contributed by atoms with Crippen molar-refractivity contribution < 1.29 is 24.2 Å². The molecule has 0 aliphatic rings. The molecule has 0 unspecified atom stereocenters. The van der Waals surface area contributed by atoms with E-state index in [1.807, 2.05) is 0 Å². The van der Waals surface area contributed by atoms with Crippen LogP contribution in [-0.2, 0) is 11.3 Å². The molecule has 3 N–H and O–H groups in total. The number of nitrogens with one attached hydrogen (secondary N) is 2. The molecule has 0 bridgehead atoms. The highest BCUT2D eigenvalue weighted by atomic mass is 32.1. The van der Waals surface area contributed by atoms with Crippen molar-refractivity contribution in [1.29, 1.82) is 0 Å². The average Bonchev–Trinajstić information content (AvgIpc) is 3.11. The number of H-pyrrole nitrogens is 1. The number of carboxylic acids is 1. The highest BCUT2D eigenvalue weighted by Gasteiger charge is 2.18. The first-order chi connectivity index (χ1) is 13.4. The van der Waals surface area contributed by atoms with Gasteiger partial charge in [0.15, 0.2) is 0 Å². The number of rotatable bonds is 6. The van der Waals surface area contributed by atoms with Crippen LogP contribution in [0.3, 0.4) is 0 Å². The lowest BCUT2D eigenvalue weighted by atomic mass is 10.1. The number of aromatic carboxylic acids is 1. The molecule has 9 nitrogen and oxygen atoms in total. The number of carbonyl (C=O) groups excluding carboxylic acids is 2. The van der Waals surface area contributed by atoms with Gasteiger partial charge < -0.3 is 20.1 Å². The van der Waals surface area contributed by atoms with Crippen LogP contribution in [0.25, 0.3) is 10.2 Å². The Labute approximate surface area is 162 Å². The minimum absolute atomic E-state index is 0.0464. The van der Waals surface area contributed by atoms with E-state index >= 15 is 0 Å². The predicted octanol–water partition coefficient (Wildman–Crippen LogP) is 1.79. The summed E-state index contributed by atoms with van der Waals surface area (Å²) >= 11 is 1.01. The Balaban J connectivity index is 1.74. The first-order valence-corrected chi connectivity index (χ1v) is 9.07. The van der Waals surface area contributed by atoms with E-state index in [2.05, 4.69) is 15.3 Å². The maximum Gasteiger partial charge on any atom is 0.372 e. The van der Waals surface area contributed by atoms with Crippen molar-refractivity contribution in [2.45, 2.75) is 13.5 Å². The van der Waals surface area contributed by atoms with E-state index in [4.69, 9.17) is 9.84 Å². The summed E-state index contributed by atoms with van der Waals surface area (Å²) in [7, 11) is 0. The second-order valence-corrected chi connectivity index (χ2v) is 6.51. The molecule has 1 aromatic carbocycles. The number of carbonyl (C=O) groups is 3. The monoisotopic (exact) mass is 401 g/mol. The summed E-state index contributed by atoms with van der Waals surface area (Å²) in [6.07, 6.45) is 0. The maximum absolute atomic E-state index is 12.4. The number of aromatic nitrogens is 2. The fourth-order valence-electron chi connectivity index (χ4n) is 2.47. The summed E-state index contributed by atoms with van der Waals surface area (Å²) in [5.74, 6) is -2.75. The highest BCUT2D eigenvalue weighted by molar-refractivity contribution is 7.17. The largest absolute Gasteiger partial charge is 0.475 e. The van der Waals surface area contributed by atoms with Crippen molar-refractivity contribution in [2.75, 3.05) is 6.61 Å². The first kappa shape index (κ1) is 19.2. The van der Waals surface area contributed by atoms with Gasteiger partial charge in [-0.3, -0.25) is 9.59 Å². The minimum Gasteiger partial charge on any atom is -0.475 e. The van der Waals surface area contributed by atoms with Gasteiger partial charge in [-0.25, -0.2) is 14.6 Å². The van der Waals surface area contributed by atoms with Crippen molar-refractivity contribution in [3.8, 4) is 0 Å². The topological polar surface area (TPSA) is 138 Å². The van der Waals surface area contributed by atoms with Crippen LogP contribution < -0.4 is 10.9 Å². The van der Waals surface area contributed by atoms with E-state index < -0.39 is 29.2 Å². The Kier molecular flexibility index (Phi) is 5.50. The van der Waals surface area contributed by atoms with E-state index in [0.29, 0.717) is 5.56 Å². The molecule has 1 amide bonds. The number of aromatic amines is 1. The normalized spacial score (nSPS) is 10.6. The number of hydrogen-bond acceptors (Lipinski definition) is 7. The summed E-state index contributed by atoms with van der Waals surface area (Å²) in [6, 6.07) is 6.57. The standard InChI is InChI=1S/C18H15N3O6S/c1-2-27-18(26)10-5-3-9(4-6-10)7-19-14(22)11-8-28-16-12(11)15(23)20-13(21-16)17(24)25/h3-6,8H,2,7H2,1H3,(H,19,22)(H,24,25)(H,20,21,23). The summed E-state index contributed by atoms with van der Waals surface area (Å²) in [4.78, 5) is 53.3. The zero-order chi connectivity index (χ0) is 20.3. The van der Waals surface area contributed by atoms with Crippen molar-refractivity contribution in [3.05, 3.63) is 62.5 Å². The first-order valence-electron chi connectivity index (χ1n) is 8.19. The number of benzene rings is 1. The van der Waals surface area contributed by atoms with Gasteiger partial charge >= 0.3 is 11.9 Å². The third-order valence-electron chi connectivity index (χ3n) is 3.81. The minimum atomic E-state index is -1.36. The molecule has 0 radical (unpaired) electrons. The molecule has 144 valence electrons. The van der Waals surface area contributed by atoms with Crippen LogP contribution in [0.2, 0.25) is 0 Å². The molecule has 3 rings (SSSR count). The maximum atomic E-state index is 12.4. The lowest BCUT2D eigenvalue weighted by molar-refractivity contribution is 0.0525. The van der Waals surface area contributed by atoms with Crippen LogP contribution in [0.1, 0.15) is 43.8 Å². The molecular weight excluding hydrogens is 386 g/mol. The van der Waals surface area contributed by atoms with Gasteiger partial charge in [-0.1, -0.05) is 12.1 Å². The molecular formula is C18H15N3O6S. The third kappa shape index (κ3) is 3.91. The Morgan fingerprint density at radius 3 is 2.61 bits per heavy atom. The molecule has 0 saturated carbocycles. The molecule has 0 aliphatic carbocycles. The molecule has 2 aromatic heterocycles. The van der Waals surface area contributed by atoms with E-state index in [1.54, 1.807) is 31.2 Å². The summed E-state index contributed by atoms with van der Waals surface area (Å²) < 4.78 is 4.91. The van der Waals surface area contributed by atoms with Gasteiger partial charge in [0.05, 0.1) is 23.1 Å². The van der Waals surface area contributed by atoms with Crippen LogP contribution in [0.15, 0.2) is 34.4 Å². The van der Waals surface area contributed by atoms with Crippen molar-refractivity contribution in [3.63, 3.8) is 0 Å². The molecule has 28 heavy (non-hydrogen) atoms. The quantitative estimate of drug-likeness (QED) is 0.535. The van der Waals surface area contributed by atoms with Gasteiger partial charge in [-0.2, -0.15) is 0 Å². The molecule has 3 aromatic rings. The van der Waals surface area contributed by atoms with Crippen LogP contribution in [-0.4, -0.2) is 39.5 Å². The van der Waals surface area contributed by atoms with Crippen molar-refractivity contribution >= 4 is 39.4 Å². The SMILES string of the molecule is CCOC(=O)c1ccc(CNC(=O)c2csc3nc(C(=O)O)[nH]c(=O)c23)cc1. The Hall–Kier alpha value is -3.53. The van der Waals surface area contributed by atoms with Crippen LogP contribution in [0.5, 0.6) is 0 Å². The zero-order valence-corrected chi connectivity index (χ0v) is 15.5. The van der Waals surface area contributed by atoms with E-state index in [9.17, 15) is 19.2 Å². The van der Waals surface area contributed by atoms with E-state index in [1.165, 1.54) is 5.38 Å². The Bertz CT molecular complexity index is 1120. The molecule has 0 fully saturated rings. The summed E-state index contributed by atoms with van der Waals surface area (Å²) in [5, 5.41) is 13.1. The fourth-order valence-corrected chi connectivity index (χ4v) is 3.39. The molecule has 0 saturated heterocycles. The smallest absolute Gasteiger partial charge is 0.372 e. The summed E-state index contributed by atoms with van der Waals surface area (Å²) in [6.45, 7) is 2.18. The second kappa shape index (κ2) is 8.01. The molecule has 0 atom stereocenters. The third-order valence-corrected chi connectivity index (χ3v) is 4.68. The van der Waals surface area contributed by atoms with Crippen LogP contribution in [0, 0.1) is 0 Å². The summed E-state index contributed by atoms with van der Waals surface area (Å²) in [5.41, 5.74) is 0.593. The van der Waals surface area contributed by atoms with Gasteiger partial charge in [0.2, 0.25) is 5.82 Å². The molecule has 10 heteroatoms. The van der Waals surface area contributed by atoms with E-state index in [0.717, 1.165) is 16.9 Å². The Morgan fingerprint density at radius 1 is 1.25 bits per heavy atom. The number of esters is 1. The van der Waals surface area contributed by atoms with Gasteiger partial charge in [0.1, 0.15) is 4.83 Å². The number of nitrogens with zero attached hydrogens (tertiary/aromatic N) is 1.